The summed E-state index contributed by atoms with van der Waals surface area (Å²) in [4.78, 5) is 11.1. The number of aryl methyl sites for hydroxylation is 2. The van der Waals surface area contributed by atoms with Crippen molar-refractivity contribution in [3.63, 3.8) is 0 Å². The average molecular weight is 210 g/mol. The van der Waals surface area contributed by atoms with Crippen LogP contribution in [0.1, 0.15) is 35.3 Å². The summed E-state index contributed by atoms with van der Waals surface area (Å²) in [6, 6.07) is 3.21. The molecular formula is C12H18O3. The van der Waals surface area contributed by atoms with E-state index in [0.717, 1.165) is 0 Å². The first kappa shape index (κ1) is 13.5. The second-order valence-corrected chi connectivity index (χ2v) is 2.95. The van der Waals surface area contributed by atoms with Crippen molar-refractivity contribution in [2.45, 2.75) is 27.7 Å². The molecule has 0 amide bonds. The topological polar surface area (TPSA) is 46.5 Å². The fraction of sp³-hybridized carbons (Fsp3) is 0.417. The first-order valence-corrected chi connectivity index (χ1v) is 4.94. The molecule has 0 heterocycles. The first-order chi connectivity index (χ1) is 7.06. The highest BCUT2D eigenvalue weighted by atomic mass is 16.5. The molecule has 84 valence electrons. The van der Waals surface area contributed by atoms with Gasteiger partial charge in [-0.3, -0.25) is 0 Å². The van der Waals surface area contributed by atoms with E-state index in [1.54, 1.807) is 26.0 Å². The van der Waals surface area contributed by atoms with E-state index in [1.807, 2.05) is 13.8 Å². The second kappa shape index (κ2) is 6.06. The lowest BCUT2D eigenvalue weighted by molar-refractivity contribution is 0.0600. The van der Waals surface area contributed by atoms with E-state index in [2.05, 4.69) is 4.74 Å². The maximum Gasteiger partial charge on any atom is 0.337 e. The van der Waals surface area contributed by atoms with Crippen LogP contribution in [0.3, 0.4) is 0 Å². The number of hydrogen-bond acceptors (Lipinski definition) is 3. The van der Waals surface area contributed by atoms with E-state index in [1.165, 1.54) is 7.11 Å². The van der Waals surface area contributed by atoms with E-state index in [4.69, 9.17) is 0 Å². The highest BCUT2D eigenvalue weighted by Gasteiger charge is 2.09. The number of ether oxygens (including phenoxy) is 1. The molecule has 0 unspecified atom stereocenters. The van der Waals surface area contributed by atoms with Crippen molar-refractivity contribution < 1.29 is 14.6 Å². The third-order valence-electron chi connectivity index (χ3n) is 1.91. The molecule has 1 aromatic carbocycles. The number of carbonyl (C=O) groups excluding carboxylic acids is 1. The van der Waals surface area contributed by atoms with Gasteiger partial charge in [-0.05, 0) is 37.1 Å². The van der Waals surface area contributed by atoms with E-state index < -0.39 is 0 Å². The van der Waals surface area contributed by atoms with Crippen molar-refractivity contribution in [2.75, 3.05) is 7.11 Å². The molecule has 1 aromatic rings. The van der Waals surface area contributed by atoms with E-state index in [-0.39, 0.29) is 11.7 Å². The van der Waals surface area contributed by atoms with Gasteiger partial charge in [0.25, 0.3) is 0 Å². The molecule has 0 aliphatic rings. The van der Waals surface area contributed by atoms with Gasteiger partial charge >= 0.3 is 5.97 Å². The number of aromatic hydroxyl groups is 1. The van der Waals surface area contributed by atoms with Crippen LogP contribution in [-0.4, -0.2) is 18.2 Å². The van der Waals surface area contributed by atoms with Gasteiger partial charge in [-0.15, -0.1) is 0 Å². The third kappa shape index (κ3) is 3.27. The summed E-state index contributed by atoms with van der Waals surface area (Å²) in [6.45, 7) is 7.49. The van der Waals surface area contributed by atoms with Crippen LogP contribution in [0.5, 0.6) is 5.75 Å². The quantitative estimate of drug-likeness (QED) is 0.725. The van der Waals surface area contributed by atoms with Crippen LogP contribution in [0.4, 0.5) is 0 Å². The maximum absolute atomic E-state index is 11.1. The summed E-state index contributed by atoms with van der Waals surface area (Å²) in [5.41, 5.74) is 1.83. The Morgan fingerprint density at radius 3 is 1.93 bits per heavy atom. The first-order valence-electron chi connectivity index (χ1n) is 4.94. The zero-order valence-electron chi connectivity index (χ0n) is 9.92. The Balaban J connectivity index is 0.000000921. The van der Waals surface area contributed by atoms with Crippen LogP contribution in [0.25, 0.3) is 0 Å². The van der Waals surface area contributed by atoms with E-state index in [9.17, 15) is 9.90 Å². The normalized spacial score (nSPS) is 8.87. The molecule has 3 heteroatoms. The minimum absolute atomic E-state index is 0.229. The Kier molecular flexibility index (Phi) is 5.45. The van der Waals surface area contributed by atoms with E-state index >= 15 is 0 Å². The lowest BCUT2D eigenvalue weighted by Crippen LogP contribution is -2.02. The molecule has 0 fully saturated rings. The maximum atomic E-state index is 11.1. The number of esters is 1. The number of hydrogen-bond donors (Lipinski definition) is 1. The Morgan fingerprint density at radius 2 is 1.60 bits per heavy atom. The number of phenols is 1. The molecule has 1 N–H and O–H groups in total. The Bertz CT molecular complexity index is 320. The lowest BCUT2D eigenvalue weighted by Gasteiger charge is -2.05. The van der Waals surface area contributed by atoms with Crippen LogP contribution >= 0.6 is 0 Å². The van der Waals surface area contributed by atoms with Crippen molar-refractivity contribution in [3.05, 3.63) is 28.8 Å². The van der Waals surface area contributed by atoms with Gasteiger partial charge in [0, 0.05) is 0 Å². The Morgan fingerprint density at radius 1 is 1.20 bits per heavy atom. The fourth-order valence-corrected chi connectivity index (χ4v) is 1.19. The van der Waals surface area contributed by atoms with Crippen LogP contribution < -0.4 is 0 Å². The summed E-state index contributed by atoms with van der Waals surface area (Å²) in [5, 5.41) is 9.43. The van der Waals surface area contributed by atoms with Gasteiger partial charge in [-0.2, -0.15) is 0 Å². The van der Waals surface area contributed by atoms with Gasteiger partial charge in [0.1, 0.15) is 5.75 Å². The molecule has 0 bridgehead atoms. The van der Waals surface area contributed by atoms with Gasteiger partial charge < -0.3 is 9.84 Å². The summed E-state index contributed by atoms with van der Waals surface area (Å²) in [5.74, 6) is -0.154. The van der Waals surface area contributed by atoms with E-state index in [0.29, 0.717) is 16.7 Å². The summed E-state index contributed by atoms with van der Waals surface area (Å²) in [7, 11) is 1.33. The number of carbonyl (C=O) groups is 1. The summed E-state index contributed by atoms with van der Waals surface area (Å²) in [6.07, 6.45) is 0. The fourth-order valence-electron chi connectivity index (χ4n) is 1.19. The molecule has 1 rings (SSSR count). The highest BCUT2D eigenvalue weighted by Crippen LogP contribution is 2.22. The molecule has 0 aliphatic heterocycles. The van der Waals surface area contributed by atoms with Crippen molar-refractivity contribution in [1.29, 1.82) is 0 Å². The monoisotopic (exact) mass is 210 g/mol. The smallest absolute Gasteiger partial charge is 0.337 e. The van der Waals surface area contributed by atoms with Crippen LogP contribution in [0.15, 0.2) is 12.1 Å². The molecular weight excluding hydrogens is 192 g/mol. The zero-order chi connectivity index (χ0) is 12.0. The van der Waals surface area contributed by atoms with Crippen LogP contribution in [0.2, 0.25) is 0 Å². The van der Waals surface area contributed by atoms with Crippen molar-refractivity contribution >= 4 is 5.97 Å². The molecule has 0 saturated heterocycles. The van der Waals surface area contributed by atoms with Crippen molar-refractivity contribution in [2.24, 2.45) is 0 Å². The molecule has 0 spiro atoms. The molecule has 0 saturated carbocycles. The largest absolute Gasteiger partial charge is 0.507 e. The number of rotatable bonds is 1. The highest BCUT2D eigenvalue weighted by molar-refractivity contribution is 5.90. The van der Waals surface area contributed by atoms with Crippen molar-refractivity contribution in [1.82, 2.24) is 0 Å². The van der Waals surface area contributed by atoms with Crippen LogP contribution in [0, 0.1) is 13.8 Å². The minimum atomic E-state index is -0.383. The molecule has 0 aliphatic carbocycles. The molecule has 0 radical (unpaired) electrons. The van der Waals surface area contributed by atoms with Gasteiger partial charge in [-0.1, -0.05) is 13.8 Å². The standard InChI is InChI=1S/C10H12O3.C2H6/c1-6-4-8(10(12)13-3)5-7(2)9(6)11;1-2/h4-5,11H,1-3H3;1-2H3. The Labute approximate surface area is 90.7 Å². The predicted molar refractivity (Wildman–Crippen MR) is 60.3 cm³/mol. The number of benzene rings is 1. The summed E-state index contributed by atoms with van der Waals surface area (Å²) >= 11 is 0. The van der Waals surface area contributed by atoms with Gasteiger partial charge in [0.15, 0.2) is 0 Å². The van der Waals surface area contributed by atoms with Gasteiger partial charge in [-0.25, -0.2) is 4.79 Å². The SMILES string of the molecule is CC.COC(=O)c1cc(C)c(O)c(C)c1. The summed E-state index contributed by atoms with van der Waals surface area (Å²) < 4.78 is 4.57. The minimum Gasteiger partial charge on any atom is -0.507 e. The molecule has 0 atom stereocenters. The zero-order valence-corrected chi connectivity index (χ0v) is 9.92. The van der Waals surface area contributed by atoms with Crippen molar-refractivity contribution in [3.8, 4) is 5.75 Å². The van der Waals surface area contributed by atoms with Gasteiger partial charge in [0.2, 0.25) is 0 Å². The predicted octanol–water partition coefficient (Wildman–Crippen LogP) is 2.82. The molecule has 15 heavy (non-hydrogen) atoms. The third-order valence-corrected chi connectivity index (χ3v) is 1.91. The lowest BCUT2D eigenvalue weighted by atomic mass is 10.1. The number of methoxy groups -OCH3 is 1. The molecule has 0 aromatic heterocycles. The van der Waals surface area contributed by atoms with Crippen LogP contribution in [-0.2, 0) is 4.74 Å². The molecule has 3 nitrogen and oxygen atoms in total. The number of phenolic OH excluding ortho intramolecular Hbond substituents is 1. The average Bonchev–Trinajstić information content (AvgIpc) is 2.26. The second-order valence-electron chi connectivity index (χ2n) is 2.95. The Hall–Kier alpha value is -1.51. The van der Waals surface area contributed by atoms with Gasteiger partial charge in [0.05, 0.1) is 12.7 Å².